The summed E-state index contributed by atoms with van der Waals surface area (Å²) in [5.41, 5.74) is 2.66. The summed E-state index contributed by atoms with van der Waals surface area (Å²) in [5, 5.41) is 4.16. The van der Waals surface area contributed by atoms with Crippen molar-refractivity contribution in [3.05, 3.63) is 35.9 Å². The molecule has 0 amide bonds. The Hall–Kier alpha value is -1.35. The molecule has 0 aromatic heterocycles. The Labute approximate surface area is 108 Å². The maximum absolute atomic E-state index is 4.93. The molecule has 18 heavy (non-hydrogen) atoms. The molecule has 2 aliphatic heterocycles. The lowest BCUT2D eigenvalue weighted by Gasteiger charge is -2.35. The lowest BCUT2D eigenvalue weighted by atomic mass is 10.00. The molecule has 3 rings (SSSR count). The maximum atomic E-state index is 4.93. The largest absolute Gasteiger partial charge is 0.399 e. The Morgan fingerprint density at radius 2 is 1.83 bits per heavy atom. The van der Waals surface area contributed by atoms with Gasteiger partial charge in [-0.1, -0.05) is 35.5 Å². The van der Waals surface area contributed by atoms with Crippen LogP contribution in [0.5, 0.6) is 0 Å². The van der Waals surface area contributed by atoms with Crippen molar-refractivity contribution in [2.24, 2.45) is 5.16 Å². The predicted molar refractivity (Wildman–Crippen MR) is 72.5 cm³/mol. The smallest absolute Gasteiger partial charge is 0.106 e. The third-order valence-electron chi connectivity index (χ3n) is 4.14. The number of nitrogens with zero attached hydrogens (tertiary/aromatic N) is 2. The van der Waals surface area contributed by atoms with Gasteiger partial charge >= 0.3 is 0 Å². The van der Waals surface area contributed by atoms with Crippen LogP contribution in [-0.2, 0) is 11.4 Å². The molecule has 0 spiro atoms. The Morgan fingerprint density at radius 1 is 1.17 bits per heavy atom. The van der Waals surface area contributed by atoms with E-state index in [9.17, 15) is 0 Å². The molecule has 3 nitrogen and oxygen atoms in total. The highest BCUT2D eigenvalue weighted by atomic mass is 16.6. The summed E-state index contributed by atoms with van der Waals surface area (Å²) in [7, 11) is 1.64. The van der Waals surface area contributed by atoms with E-state index in [4.69, 9.17) is 4.84 Å². The van der Waals surface area contributed by atoms with Gasteiger partial charge in [0.25, 0.3) is 0 Å². The van der Waals surface area contributed by atoms with Crippen molar-refractivity contribution in [3.63, 3.8) is 0 Å². The van der Waals surface area contributed by atoms with Gasteiger partial charge in [0.1, 0.15) is 7.11 Å². The first-order valence-electron chi connectivity index (χ1n) is 6.75. The summed E-state index contributed by atoms with van der Waals surface area (Å²) in [4.78, 5) is 7.59. The number of oxime groups is 1. The van der Waals surface area contributed by atoms with Gasteiger partial charge in [-0.3, -0.25) is 4.90 Å². The van der Waals surface area contributed by atoms with E-state index in [-0.39, 0.29) is 0 Å². The molecule has 2 atom stereocenters. The second-order valence-electron chi connectivity index (χ2n) is 5.29. The first kappa shape index (κ1) is 11.7. The zero-order valence-corrected chi connectivity index (χ0v) is 10.9. The van der Waals surface area contributed by atoms with E-state index in [1.807, 2.05) is 0 Å². The molecule has 2 fully saturated rings. The van der Waals surface area contributed by atoms with Crippen molar-refractivity contribution in [3.8, 4) is 0 Å². The molecule has 2 saturated heterocycles. The van der Waals surface area contributed by atoms with Gasteiger partial charge in [0.05, 0.1) is 5.71 Å². The van der Waals surface area contributed by atoms with E-state index >= 15 is 0 Å². The van der Waals surface area contributed by atoms with Gasteiger partial charge in [-0.15, -0.1) is 0 Å². The van der Waals surface area contributed by atoms with Crippen LogP contribution in [0, 0.1) is 0 Å². The van der Waals surface area contributed by atoms with Crippen LogP contribution in [0.3, 0.4) is 0 Å². The van der Waals surface area contributed by atoms with Gasteiger partial charge in [-0.2, -0.15) is 0 Å². The minimum absolute atomic E-state index is 0.665. The van der Waals surface area contributed by atoms with Gasteiger partial charge in [0.15, 0.2) is 0 Å². The lowest BCUT2D eigenvalue weighted by molar-refractivity contribution is 0.164. The van der Waals surface area contributed by atoms with Gasteiger partial charge in [0.2, 0.25) is 0 Å². The number of benzene rings is 1. The van der Waals surface area contributed by atoms with Crippen molar-refractivity contribution < 1.29 is 4.84 Å². The van der Waals surface area contributed by atoms with Crippen LogP contribution in [-0.4, -0.2) is 29.8 Å². The Morgan fingerprint density at radius 3 is 2.44 bits per heavy atom. The molecule has 0 aliphatic carbocycles. The Bertz CT molecular complexity index is 413. The number of hydrogen-bond donors (Lipinski definition) is 0. The van der Waals surface area contributed by atoms with Crippen molar-refractivity contribution >= 4 is 5.71 Å². The molecule has 0 saturated carbocycles. The first-order chi connectivity index (χ1) is 8.86. The zero-order chi connectivity index (χ0) is 12.4. The van der Waals surface area contributed by atoms with E-state index in [0.29, 0.717) is 12.1 Å². The highest BCUT2D eigenvalue weighted by Crippen LogP contribution is 2.35. The van der Waals surface area contributed by atoms with E-state index in [1.165, 1.54) is 24.1 Å². The van der Waals surface area contributed by atoms with E-state index in [0.717, 1.165) is 19.4 Å². The number of fused-ring (bicyclic) bond motifs is 2. The van der Waals surface area contributed by atoms with Crippen LogP contribution in [0.25, 0.3) is 0 Å². The van der Waals surface area contributed by atoms with Crippen LogP contribution < -0.4 is 0 Å². The predicted octanol–water partition coefficient (Wildman–Crippen LogP) is 2.82. The molecule has 2 bridgehead atoms. The van der Waals surface area contributed by atoms with Crippen LogP contribution >= 0.6 is 0 Å². The van der Waals surface area contributed by atoms with E-state index in [2.05, 4.69) is 40.4 Å². The standard InChI is InChI=1S/C15H20N2O/c1-18-16-13-9-14-7-8-15(10-13)17(14)11-12-5-3-2-4-6-12/h2-6,14-15H,7-11H2,1H3. The van der Waals surface area contributed by atoms with E-state index in [1.54, 1.807) is 7.11 Å². The van der Waals surface area contributed by atoms with Crippen molar-refractivity contribution in [2.45, 2.75) is 44.3 Å². The fourth-order valence-corrected chi connectivity index (χ4v) is 3.34. The van der Waals surface area contributed by atoms with Crippen molar-refractivity contribution in [2.75, 3.05) is 7.11 Å². The lowest BCUT2D eigenvalue weighted by Crippen LogP contribution is -2.42. The summed E-state index contributed by atoms with van der Waals surface area (Å²) in [6, 6.07) is 12.1. The van der Waals surface area contributed by atoms with Gasteiger partial charge in [-0.25, -0.2) is 0 Å². The summed E-state index contributed by atoms with van der Waals surface area (Å²) < 4.78 is 0. The summed E-state index contributed by atoms with van der Waals surface area (Å²) in [6.45, 7) is 1.08. The molecular weight excluding hydrogens is 224 g/mol. The van der Waals surface area contributed by atoms with Gasteiger partial charge in [-0.05, 0) is 18.4 Å². The minimum Gasteiger partial charge on any atom is -0.399 e. The minimum atomic E-state index is 0.665. The highest BCUT2D eigenvalue weighted by Gasteiger charge is 2.39. The molecule has 0 radical (unpaired) electrons. The highest BCUT2D eigenvalue weighted by molar-refractivity contribution is 5.86. The SMILES string of the molecule is CON=C1CC2CCC(C1)N2Cc1ccccc1. The average molecular weight is 244 g/mol. The summed E-state index contributed by atoms with van der Waals surface area (Å²) in [5.74, 6) is 0. The molecule has 2 aliphatic rings. The third-order valence-corrected chi connectivity index (χ3v) is 4.14. The second kappa shape index (κ2) is 5.11. The zero-order valence-electron chi connectivity index (χ0n) is 10.9. The monoisotopic (exact) mass is 244 g/mol. The quantitative estimate of drug-likeness (QED) is 0.764. The normalized spacial score (nSPS) is 27.3. The summed E-state index contributed by atoms with van der Waals surface area (Å²) in [6.07, 6.45) is 4.77. The molecule has 1 aromatic carbocycles. The molecule has 2 heterocycles. The summed E-state index contributed by atoms with van der Waals surface area (Å²) >= 11 is 0. The molecule has 3 heteroatoms. The van der Waals surface area contributed by atoms with Crippen LogP contribution in [0.1, 0.15) is 31.2 Å². The molecule has 2 unspecified atom stereocenters. The van der Waals surface area contributed by atoms with Gasteiger partial charge in [0, 0.05) is 31.5 Å². The average Bonchev–Trinajstić information content (AvgIpc) is 2.63. The fourth-order valence-electron chi connectivity index (χ4n) is 3.34. The van der Waals surface area contributed by atoms with Crippen molar-refractivity contribution in [1.82, 2.24) is 4.90 Å². The number of rotatable bonds is 3. The van der Waals surface area contributed by atoms with Crippen LogP contribution in [0.2, 0.25) is 0 Å². The number of hydrogen-bond acceptors (Lipinski definition) is 3. The van der Waals surface area contributed by atoms with Crippen LogP contribution in [0.4, 0.5) is 0 Å². The molecular formula is C15H20N2O. The Kier molecular flexibility index (Phi) is 3.33. The topological polar surface area (TPSA) is 24.8 Å². The maximum Gasteiger partial charge on any atom is 0.106 e. The van der Waals surface area contributed by atoms with Crippen LogP contribution in [0.15, 0.2) is 35.5 Å². The molecule has 1 aromatic rings. The molecule has 96 valence electrons. The fraction of sp³-hybridized carbons (Fsp3) is 0.533. The van der Waals surface area contributed by atoms with Crippen molar-refractivity contribution in [1.29, 1.82) is 0 Å². The Balaban J connectivity index is 1.71. The van der Waals surface area contributed by atoms with E-state index < -0.39 is 0 Å². The second-order valence-corrected chi connectivity index (χ2v) is 5.29. The molecule has 0 N–H and O–H groups in total. The van der Waals surface area contributed by atoms with Gasteiger partial charge < -0.3 is 4.84 Å². The third kappa shape index (κ3) is 2.27. The first-order valence-corrected chi connectivity index (χ1v) is 6.75. The number of piperidine rings is 1.